The minimum atomic E-state index is -4.15. The minimum Gasteiger partial charge on any atom is -0.452 e. The van der Waals surface area contributed by atoms with Crippen LogP contribution >= 0.6 is 11.6 Å². The van der Waals surface area contributed by atoms with Crippen molar-refractivity contribution in [1.29, 1.82) is 0 Å². The zero-order valence-corrected chi connectivity index (χ0v) is 14.4. The number of sulfonamides is 1. The molecule has 0 unspecified atom stereocenters. The fourth-order valence-corrected chi connectivity index (χ4v) is 2.54. The smallest absolute Gasteiger partial charge is 0.341 e. The van der Waals surface area contributed by atoms with Gasteiger partial charge in [0.25, 0.3) is 5.91 Å². The van der Waals surface area contributed by atoms with Gasteiger partial charge in [-0.05, 0) is 36.4 Å². The molecule has 0 aromatic heterocycles. The lowest BCUT2D eigenvalue weighted by Gasteiger charge is -2.08. The maximum Gasteiger partial charge on any atom is 0.341 e. The van der Waals surface area contributed by atoms with Crippen LogP contribution in [0.4, 0.5) is 14.5 Å². The highest BCUT2D eigenvalue weighted by Gasteiger charge is 2.19. The summed E-state index contributed by atoms with van der Waals surface area (Å²) in [6.07, 6.45) is 0. The van der Waals surface area contributed by atoms with Crippen LogP contribution in [-0.2, 0) is 19.6 Å². The second-order valence-electron chi connectivity index (χ2n) is 4.94. The molecule has 2 aromatic carbocycles. The molecule has 0 aliphatic rings. The third kappa shape index (κ3) is 4.97. The molecule has 0 bridgehead atoms. The van der Waals surface area contributed by atoms with Crippen LogP contribution in [0.2, 0.25) is 5.02 Å². The number of carbonyl (C=O) groups excluding carboxylic acids is 2. The van der Waals surface area contributed by atoms with Crippen molar-refractivity contribution in [2.75, 3.05) is 11.9 Å². The number of anilines is 1. The molecule has 0 atom stereocenters. The molecule has 2 rings (SSSR count). The topological polar surface area (TPSA) is 116 Å². The van der Waals surface area contributed by atoms with Gasteiger partial charge >= 0.3 is 5.97 Å². The molecule has 0 heterocycles. The maximum absolute atomic E-state index is 13.7. The Hall–Kier alpha value is -2.56. The van der Waals surface area contributed by atoms with E-state index in [1.165, 1.54) is 6.07 Å². The highest BCUT2D eigenvalue weighted by atomic mass is 35.5. The van der Waals surface area contributed by atoms with Gasteiger partial charge in [0.1, 0.15) is 11.6 Å². The fourth-order valence-electron chi connectivity index (χ4n) is 1.82. The molecule has 0 saturated carbocycles. The molecule has 1 amide bonds. The van der Waals surface area contributed by atoms with Crippen LogP contribution in [0, 0.1) is 11.6 Å². The van der Waals surface area contributed by atoms with Crippen molar-refractivity contribution in [1.82, 2.24) is 0 Å². The maximum atomic E-state index is 13.7. The summed E-state index contributed by atoms with van der Waals surface area (Å²) in [7, 11) is -4.15. The first-order valence-electron chi connectivity index (χ1n) is 6.82. The lowest BCUT2D eigenvalue weighted by atomic mass is 10.2. The number of nitrogens with one attached hydrogen (secondary N) is 1. The molecule has 0 fully saturated rings. The van der Waals surface area contributed by atoms with Crippen LogP contribution in [-0.4, -0.2) is 26.9 Å². The van der Waals surface area contributed by atoms with Crippen molar-refractivity contribution in [3.63, 3.8) is 0 Å². The molecular formula is C15H11ClF2N2O5S. The number of esters is 1. The number of carbonyl (C=O) groups is 2. The van der Waals surface area contributed by atoms with Crippen molar-refractivity contribution in [3.05, 3.63) is 58.6 Å². The van der Waals surface area contributed by atoms with Crippen molar-refractivity contribution in [2.24, 2.45) is 5.14 Å². The quantitative estimate of drug-likeness (QED) is 0.740. The average molecular weight is 405 g/mol. The molecule has 26 heavy (non-hydrogen) atoms. The van der Waals surface area contributed by atoms with E-state index >= 15 is 0 Å². The van der Waals surface area contributed by atoms with Crippen molar-refractivity contribution < 1.29 is 31.5 Å². The number of amides is 1. The van der Waals surface area contributed by atoms with Gasteiger partial charge in [-0.3, -0.25) is 4.79 Å². The van der Waals surface area contributed by atoms with Gasteiger partial charge < -0.3 is 10.1 Å². The van der Waals surface area contributed by atoms with Crippen LogP contribution in [0.25, 0.3) is 0 Å². The first-order chi connectivity index (χ1) is 12.1. The molecule has 3 N–H and O–H groups in total. The van der Waals surface area contributed by atoms with Gasteiger partial charge in [0.05, 0.1) is 15.5 Å². The van der Waals surface area contributed by atoms with E-state index < -0.39 is 50.6 Å². The van der Waals surface area contributed by atoms with Gasteiger partial charge in [0, 0.05) is 5.69 Å². The van der Waals surface area contributed by atoms with E-state index in [1.54, 1.807) is 0 Å². The number of nitrogens with two attached hydrogens (primary N) is 1. The Morgan fingerprint density at radius 2 is 1.77 bits per heavy atom. The highest BCUT2D eigenvalue weighted by Crippen LogP contribution is 2.19. The molecule has 2 aromatic rings. The summed E-state index contributed by atoms with van der Waals surface area (Å²) >= 11 is 5.56. The van der Waals surface area contributed by atoms with E-state index in [4.69, 9.17) is 16.7 Å². The zero-order chi connectivity index (χ0) is 19.5. The standard InChI is InChI=1S/C15H11ClF2N2O5S/c16-11-5-8(1-3-13(11)18)20-14(21)7-25-15(22)10-6-9(26(19,23)24)2-4-12(10)17/h1-6H,7H2,(H,20,21)(H2,19,23,24). The van der Waals surface area contributed by atoms with Crippen molar-refractivity contribution in [3.8, 4) is 0 Å². The lowest BCUT2D eigenvalue weighted by molar-refractivity contribution is -0.119. The van der Waals surface area contributed by atoms with Gasteiger partial charge in [-0.2, -0.15) is 0 Å². The third-order valence-corrected chi connectivity index (χ3v) is 4.22. The first-order valence-corrected chi connectivity index (χ1v) is 8.75. The van der Waals surface area contributed by atoms with E-state index in [2.05, 4.69) is 10.1 Å². The van der Waals surface area contributed by atoms with Crippen LogP contribution in [0.5, 0.6) is 0 Å². The summed E-state index contributed by atoms with van der Waals surface area (Å²) in [6, 6.07) is 5.72. The normalized spacial score (nSPS) is 11.1. The lowest BCUT2D eigenvalue weighted by Crippen LogP contribution is -2.22. The van der Waals surface area contributed by atoms with E-state index in [9.17, 15) is 26.8 Å². The molecular weight excluding hydrogens is 394 g/mol. The number of benzene rings is 2. The Morgan fingerprint density at radius 3 is 2.38 bits per heavy atom. The average Bonchev–Trinajstić information content (AvgIpc) is 2.55. The predicted molar refractivity (Wildman–Crippen MR) is 88.1 cm³/mol. The summed E-state index contributed by atoms with van der Waals surface area (Å²) < 4.78 is 53.8. The first kappa shape index (κ1) is 19.8. The van der Waals surface area contributed by atoms with Crippen LogP contribution in [0.1, 0.15) is 10.4 Å². The SMILES string of the molecule is NS(=O)(=O)c1ccc(F)c(C(=O)OCC(=O)Nc2ccc(F)c(Cl)c2)c1. The largest absolute Gasteiger partial charge is 0.452 e. The Kier molecular flexibility index (Phi) is 5.90. The van der Waals surface area contributed by atoms with Crippen LogP contribution in [0.3, 0.4) is 0 Å². The predicted octanol–water partition coefficient (Wildman–Crippen LogP) is 2.06. The molecule has 0 aliphatic heterocycles. The molecule has 11 heteroatoms. The van der Waals surface area contributed by atoms with Gasteiger partial charge in [0.2, 0.25) is 10.0 Å². The second-order valence-corrected chi connectivity index (χ2v) is 6.91. The second kappa shape index (κ2) is 7.77. The summed E-state index contributed by atoms with van der Waals surface area (Å²) in [6.45, 7) is -0.799. The Morgan fingerprint density at radius 1 is 1.12 bits per heavy atom. The Balaban J connectivity index is 2.04. The number of hydrogen-bond donors (Lipinski definition) is 2. The molecule has 0 aliphatic carbocycles. The minimum absolute atomic E-state index is 0.153. The summed E-state index contributed by atoms with van der Waals surface area (Å²) in [5.41, 5.74) is -0.547. The highest BCUT2D eigenvalue weighted by molar-refractivity contribution is 7.89. The van der Waals surface area contributed by atoms with E-state index in [1.807, 2.05) is 0 Å². The number of halogens is 3. The fraction of sp³-hybridized carbons (Fsp3) is 0.0667. The van der Waals surface area contributed by atoms with Crippen molar-refractivity contribution >= 4 is 39.2 Å². The summed E-state index contributed by atoms with van der Waals surface area (Å²) in [5.74, 6) is -3.79. The van der Waals surface area contributed by atoms with Crippen LogP contribution < -0.4 is 10.5 Å². The molecule has 7 nitrogen and oxygen atoms in total. The number of rotatable bonds is 5. The van der Waals surface area contributed by atoms with Crippen molar-refractivity contribution in [2.45, 2.75) is 4.90 Å². The number of primary sulfonamides is 1. The van der Waals surface area contributed by atoms with E-state index in [0.29, 0.717) is 6.07 Å². The summed E-state index contributed by atoms with van der Waals surface area (Å²) in [4.78, 5) is 23.1. The van der Waals surface area contributed by atoms with Crippen LogP contribution in [0.15, 0.2) is 41.3 Å². The van der Waals surface area contributed by atoms with E-state index in [0.717, 1.165) is 24.3 Å². The number of ether oxygens (including phenoxy) is 1. The van der Waals surface area contributed by atoms with Gasteiger partial charge in [-0.15, -0.1) is 0 Å². The molecule has 138 valence electrons. The molecule has 0 spiro atoms. The number of hydrogen-bond acceptors (Lipinski definition) is 5. The monoisotopic (exact) mass is 404 g/mol. The van der Waals surface area contributed by atoms with Gasteiger partial charge in [0.15, 0.2) is 6.61 Å². The summed E-state index contributed by atoms with van der Waals surface area (Å²) in [5, 5.41) is 6.97. The van der Waals surface area contributed by atoms with E-state index in [-0.39, 0.29) is 10.7 Å². The molecule has 0 saturated heterocycles. The Labute approximate surface area is 151 Å². The van der Waals surface area contributed by atoms with Gasteiger partial charge in [-0.25, -0.2) is 27.1 Å². The Bertz CT molecular complexity index is 982. The van der Waals surface area contributed by atoms with Gasteiger partial charge in [-0.1, -0.05) is 11.6 Å². The zero-order valence-electron chi connectivity index (χ0n) is 12.8. The molecule has 0 radical (unpaired) electrons. The third-order valence-electron chi connectivity index (χ3n) is 3.02.